The third-order valence-electron chi connectivity index (χ3n) is 3.49. The van der Waals surface area contributed by atoms with Gasteiger partial charge in [0, 0.05) is 10.2 Å². The van der Waals surface area contributed by atoms with E-state index < -0.39 is 0 Å². The van der Waals surface area contributed by atoms with Gasteiger partial charge in [0.2, 0.25) is 0 Å². The Morgan fingerprint density at radius 1 is 1.22 bits per heavy atom. The number of hydrogen-bond acceptors (Lipinski definition) is 3. The van der Waals surface area contributed by atoms with E-state index in [2.05, 4.69) is 26.6 Å². The average molecular weight is 393 g/mol. The summed E-state index contributed by atoms with van der Waals surface area (Å²) in [6.07, 6.45) is 0. The highest BCUT2D eigenvalue weighted by Crippen LogP contribution is 2.23. The van der Waals surface area contributed by atoms with Crippen molar-refractivity contribution in [3.63, 3.8) is 0 Å². The summed E-state index contributed by atoms with van der Waals surface area (Å²) in [5.41, 5.74) is 3.52. The van der Waals surface area contributed by atoms with E-state index in [0.717, 1.165) is 21.3 Å². The van der Waals surface area contributed by atoms with Crippen molar-refractivity contribution in [3.05, 3.63) is 57.6 Å². The fourth-order valence-electron chi connectivity index (χ4n) is 2.07. The minimum absolute atomic E-state index is 0.241. The number of anilines is 1. The highest BCUT2D eigenvalue weighted by Gasteiger charge is 2.14. The normalized spacial score (nSPS) is 10.1. The van der Waals surface area contributed by atoms with Crippen LogP contribution in [-0.2, 0) is 0 Å². The molecule has 0 unspecified atom stereocenters. The van der Waals surface area contributed by atoms with Crippen molar-refractivity contribution >= 4 is 44.9 Å². The molecule has 6 heteroatoms. The number of carbonyl (C=O) groups excluding carboxylic acids is 1. The molecule has 0 saturated carbocycles. The zero-order valence-electron chi connectivity index (χ0n) is 13.1. The second kappa shape index (κ2) is 7.57. The number of methoxy groups -OCH3 is 1. The molecule has 120 valence electrons. The molecule has 0 aliphatic heterocycles. The van der Waals surface area contributed by atoms with E-state index in [9.17, 15) is 4.79 Å². The Hall–Kier alpha value is -1.92. The van der Waals surface area contributed by atoms with Crippen LogP contribution < -0.4 is 15.4 Å². The molecule has 0 spiro atoms. The summed E-state index contributed by atoms with van der Waals surface area (Å²) in [5.74, 6) is 0.159. The summed E-state index contributed by atoms with van der Waals surface area (Å²) in [4.78, 5) is 12.4. The maximum absolute atomic E-state index is 12.4. The zero-order chi connectivity index (χ0) is 17.0. The number of aryl methyl sites for hydroxylation is 1. The summed E-state index contributed by atoms with van der Waals surface area (Å²) in [6, 6.07) is 11.1. The first-order chi connectivity index (χ1) is 10.9. The first-order valence-electron chi connectivity index (χ1n) is 6.94. The molecule has 2 aromatic carbocycles. The smallest absolute Gasteiger partial charge is 0.261 e. The van der Waals surface area contributed by atoms with E-state index in [4.69, 9.17) is 17.0 Å². The van der Waals surface area contributed by atoms with Gasteiger partial charge in [0.1, 0.15) is 5.75 Å². The summed E-state index contributed by atoms with van der Waals surface area (Å²) in [7, 11) is 1.52. The molecular weight excluding hydrogens is 376 g/mol. The molecule has 0 radical (unpaired) electrons. The third-order valence-corrected chi connectivity index (χ3v) is 4.18. The molecule has 0 aromatic heterocycles. The molecule has 4 nitrogen and oxygen atoms in total. The Labute approximate surface area is 149 Å². The van der Waals surface area contributed by atoms with Gasteiger partial charge in [0.05, 0.1) is 12.7 Å². The van der Waals surface area contributed by atoms with E-state index in [1.807, 2.05) is 38.1 Å². The molecule has 1 amide bonds. The Kier molecular flexibility index (Phi) is 5.74. The molecule has 0 aliphatic rings. The molecule has 2 aromatic rings. The van der Waals surface area contributed by atoms with Gasteiger partial charge < -0.3 is 10.1 Å². The van der Waals surface area contributed by atoms with Crippen molar-refractivity contribution in [3.8, 4) is 5.75 Å². The van der Waals surface area contributed by atoms with E-state index in [-0.39, 0.29) is 11.0 Å². The minimum atomic E-state index is -0.328. The molecule has 0 saturated heterocycles. The topological polar surface area (TPSA) is 50.4 Å². The van der Waals surface area contributed by atoms with Gasteiger partial charge in [0.15, 0.2) is 5.11 Å². The van der Waals surface area contributed by atoms with Crippen molar-refractivity contribution in [1.82, 2.24) is 5.32 Å². The van der Waals surface area contributed by atoms with Crippen LogP contribution in [0.5, 0.6) is 5.75 Å². The van der Waals surface area contributed by atoms with Crippen LogP contribution in [0.2, 0.25) is 0 Å². The first kappa shape index (κ1) is 17.4. The van der Waals surface area contributed by atoms with Crippen LogP contribution in [0.3, 0.4) is 0 Å². The largest absolute Gasteiger partial charge is 0.496 e. The van der Waals surface area contributed by atoms with Crippen LogP contribution >= 0.6 is 28.1 Å². The van der Waals surface area contributed by atoms with E-state index in [1.165, 1.54) is 7.11 Å². The number of halogens is 1. The number of benzene rings is 2. The molecule has 0 heterocycles. The fraction of sp³-hybridized carbons (Fsp3) is 0.176. The van der Waals surface area contributed by atoms with Crippen LogP contribution in [-0.4, -0.2) is 18.1 Å². The second-order valence-corrected chi connectivity index (χ2v) is 6.32. The monoisotopic (exact) mass is 392 g/mol. The number of ether oxygens (including phenoxy) is 1. The molecule has 2 N–H and O–H groups in total. The van der Waals surface area contributed by atoms with Crippen molar-refractivity contribution < 1.29 is 9.53 Å². The lowest BCUT2D eigenvalue weighted by atomic mass is 10.1. The predicted molar refractivity (Wildman–Crippen MR) is 100 cm³/mol. The highest BCUT2D eigenvalue weighted by molar-refractivity contribution is 9.10. The quantitative estimate of drug-likeness (QED) is 0.768. The lowest BCUT2D eigenvalue weighted by Crippen LogP contribution is -2.34. The van der Waals surface area contributed by atoms with Crippen LogP contribution in [0, 0.1) is 13.8 Å². The van der Waals surface area contributed by atoms with E-state index in [0.29, 0.717) is 11.3 Å². The number of hydrogen-bond donors (Lipinski definition) is 2. The first-order valence-corrected chi connectivity index (χ1v) is 8.14. The number of amides is 1. The molecule has 0 atom stereocenters. The highest BCUT2D eigenvalue weighted by atomic mass is 79.9. The molecular formula is C17H17BrN2O2S. The Bertz CT molecular complexity index is 762. The van der Waals surface area contributed by atoms with Gasteiger partial charge in [-0.05, 0) is 61.5 Å². The number of nitrogens with one attached hydrogen (secondary N) is 2. The molecule has 23 heavy (non-hydrogen) atoms. The van der Waals surface area contributed by atoms with Crippen LogP contribution in [0.4, 0.5) is 5.69 Å². The number of thiocarbonyl (C=S) groups is 1. The van der Waals surface area contributed by atoms with Crippen LogP contribution in [0.1, 0.15) is 21.5 Å². The van der Waals surface area contributed by atoms with Crippen LogP contribution in [0.15, 0.2) is 40.9 Å². The van der Waals surface area contributed by atoms with Gasteiger partial charge in [-0.15, -0.1) is 0 Å². The van der Waals surface area contributed by atoms with Gasteiger partial charge in [-0.25, -0.2) is 0 Å². The molecule has 0 fully saturated rings. The van der Waals surface area contributed by atoms with Gasteiger partial charge in [-0.3, -0.25) is 10.1 Å². The maximum Gasteiger partial charge on any atom is 0.261 e. The molecule has 2 rings (SSSR count). The maximum atomic E-state index is 12.4. The molecule has 0 aliphatic carbocycles. The Morgan fingerprint density at radius 2 is 1.96 bits per heavy atom. The minimum Gasteiger partial charge on any atom is -0.496 e. The predicted octanol–water partition coefficient (Wildman–Crippen LogP) is 4.20. The molecule has 0 bridgehead atoms. The average Bonchev–Trinajstić information content (AvgIpc) is 2.51. The van der Waals surface area contributed by atoms with Crippen molar-refractivity contribution in [2.75, 3.05) is 12.4 Å². The van der Waals surface area contributed by atoms with Crippen LogP contribution in [0.25, 0.3) is 0 Å². The van der Waals surface area contributed by atoms with E-state index >= 15 is 0 Å². The lowest BCUT2D eigenvalue weighted by Gasteiger charge is -2.14. The summed E-state index contributed by atoms with van der Waals surface area (Å²) < 4.78 is 6.00. The fourth-order valence-corrected chi connectivity index (χ4v) is 2.63. The summed E-state index contributed by atoms with van der Waals surface area (Å²) >= 11 is 8.58. The summed E-state index contributed by atoms with van der Waals surface area (Å²) in [6.45, 7) is 4.02. The lowest BCUT2D eigenvalue weighted by molar-refractivity contribution is 0.0974. The summed E-state index contributed by atoms with van der Waals surface area (Å²) in [5, 5.41) is 5.97. The Balaban J connectivity index is 2.13. The van der Waals surface area contributed by atoms with Gasteiger partial charge in [-0.1, -0.05) is 28.1 Å². The SMILES string of the molecule is COc1ccc(Br)cc1C(=O)NC(=S)Nc1cccc(C)c1C. The van der Waals surface area contributed by atoms with Gasteiger partial charge in [0.25, 0.3) is 5.91 Å². The number of rotatable bonds is 3. The van der Waals surface area contributed by atoms with E-state index in [1.54, 1.807) is 12.1 Å². The standard InChI is InChI=1S/C17H17BrN2O2S/c1-10-5-4-6-14(11(10)2)19-17(23)20-16(21)13-9-12(18)7-8-15(13)22-3/h4-9H,1-3H3,(H2,19,20,21,23). The van der Waals surface area contributed by atoms with Gasteiger partial charge in [-0.2, -0.15) is 0 Å². The zero-order valence-corrected chi connectivity index (χ0v) is 15.5. The number of carbonyl (C=O) groups is 1. The van der Waals surface area contributed by atoms with Gasteiger partial charge >= 0.3 is 0 Å². The second-order valence-electron chi connectivity index (χ2n) is 5.00. The van der Waals surface area contributed by atoms with Crippen molar-refractivity contribution in [2.24, 2.45) is 0 Å². The van der Waals surface area contributed by atoms with Crippen molar-refractivity contribution in [2.45, 2.75) is 13.8 Å². The van der Waals surface area contributed by atoms with Crippen molar-refractivity contribution in [1.29, 1.82) is 0 Å². The third kappa shape index (κ3) is 4.30. The Morgan fingerprint density at radius 3 is 2.65 bits per heavy atom.